The van der Waals surface area contributed by atoms with Gasteiger partial charge in [-0.3, -0.25) is 0 Å². The zero-order valence-electron chi connectivity index (χ0n) is 5.91. The lowest BCUT2D eigenvalue weighted by atomic mass is 9.90. The highest BCUT2D eigenvalue weighted by molar-refractivity contribution is 6.92. The van der Waals surface area contributed by atoms with Crippen molar-refractivity contribution in [2.75, 3.05) is 6.61 Å². The van der Waals surface area contributed by atoms with E-state index in [0.717, 1.165) is 0 Å². The summed E-state index contributed by atoms with van der Waals surface area (Å²) in [6.45, 7) is -0.590. The number of nitrogens with zero attached hydrogens (tertiary/aromatic N) is 3. The van der Waals surface area contributed by atoms with Crippen LogP contribution in [0.3, 0.4) is 0 Å². The fourth-order valence-corrected chi connectivity index (χ4v) is 0.366. The Morgan fingerprint density at radius 3 is 1.73 bits per heavy atom. The molecular weight excluding hydrogens is 161 g/mol. The molecule has 0 aromatic heterocycles. The van der Waals surface area contributed by atoms with Crippen LogP contribution in [0.15, 0.2) is 0 Å². The predicted octanol–water partition coefficient (Wildman–Crippen LogP) is -0.0160. The highest BCUT2D eigenvalue weighted by Gasteiger charge is 2.28. The molecule has 0 aromatic carbocycles. The third kappa shape index (κ3) is 2.96. The molecule has 0 saturated heterocycles. The first-order valence-corrected chi connectivity index (χ1v) is 2.55. The molecule has 0 aliphatic carbocycles. The quantitative estimate of drug-likeness (QED) is 0.588. The van der Waals surface area contributed by atoms with Crippen LogP contribution < -0.4 is 0 Å². The normalized spacial score (nSPS) is 8.18. The Bertz CT molecular complexity index is 218. The number of rotatable bonds is 2. The number of hydrogen-bond acceptors (Lipinski definition) is 4. The minimum Gasteiger partial charge on any atom is -0.394 e. The molecule has 11 heavy (non-hydrogen) atoms. The zero-order valence-corrected chi connectivity index (χ0v) is 7.32. The smallest absolute Gasteiger partial charge is 0.179 e. The van der Waals surface area contributed by atoms with Crippen molar-refractivity contribution in [1.82, 2.24) is 0 Å². The van der Waals surface area contributed by atoms with Crippen molar-refractivity contribution in [1.29, 1.82) is 15.8 Å². The summed E-state index contributed by atoms with van der Waals surface area (Å²) in [6, 6.07) is 4.82. The van der Waals surface area contributed by atoms with Crippen molar-refractivity contribution in [2.45, 2.75) is 6.42 Å². The summed E-state index contributed by atoms with van der Waals surface area (Å²) in [4.78, 5) is 0. The topological polar surface area (TPSA) is 91.6 Å². The summed E-state index contributed by atoms with van der Waals surface area (Å²) in [5, 5.41) is 33.3. The van der Waals surface area contributed by atoms with Crippen LogP contribution in [0, 0.1) is 39.4 Å². The summed E-state index contributed by atoms with van der Waals surface area (Å²) in [5.74, 6) is 0. The lowest BCUT2D eigenvalue weighted by Crippen LogP contribution is -2.20. The first-order valence-electron chi connectivity index (χ1n) is 2.55. The molecular formula is C6H8N3OP. The van der Waals surface area contributed by atoms with Crippen LogP contribution in [0.2, 0.25) is 0 Å². The van der Waals surface area contributed by atoms with Gasteiger partial charge in [0.15, 0.2) is 5.41 Å². The average Bonchev–Trinajstić information content (AvgIpc) is 2.01. The molecule has 0 aliphatic rings. The second-order valence-corrected chi connectivity index (χ2v) is 1.80. The van der Waals surface area contributed by atoms with Crippen LogP contribution in [0.25, 0.3) is 0 Å². The molecule has 0 aromatic rings. The molecule has 0 bridgehead atoms. The molecule has 0 heterocycles. The van der Waals surface area contributed by atoms with Crippen LogP contribution in [0.5, 0.6) is 0 Å². The van der Waals surface area contributed by atoms with Gasteiger partial charge in [0, 0.05) is 0 Å². The highest BCUT2D eigenvalue weighted by Crippen LogP contribution is 2.17. The molecule has 0 amide bonds. The Hall–Kier alpha value is -1.14. The third-order valence-corrected chi connectivity index (χ3v) is 1.08. The SMILES string of the molecule is N#CCC(C#N)(C#N)CO.P. The van der Waals surface area contributed by atoms with Gasteiger partial charge in [-0.15, -0.1) is 0 Å². The molecule has 1 atom stereocenters. The van der Waals surface area contributed by atoms with Crippen LogP contribution in [-0.4, -0.2) is 11.7 Å². The maximum atomic E-state index is 8.51. The molecule has 1 unspecified atom stereocenters. The van der Waals surface area contributed by atoms with Crippen molar-refractivity contribution < 1.29 is 5.11 Å². The number of hydrogen-bond donors (Lipinski definition) is 1. The van der Waals surface area contributed by atoms with E-state index in [0.29, 0.717) is 0 Å². The van der Waals surface area contributed by atoms with Gasteiger partial charge in [-0.1, -0.05) is 0 Å². The first kappa shape index (κ1) is 12.5. The van der Waals surface area contributed by atoms with Crippen LogP contribution in [0.4, 0.5) is 0 Å². The first-order chi connectivity index (χ1) is 4.74. The van der Waals surface area contributed by atoms with E-state index in [1.54, 1.807) is 18.2 Å². The average molecular weight is 169 g/mol. The standard InChI is InChI=1S/C6H5N3O.H3P/c7-2-1-6(3-8,4-9)5-10;/h10H,1,5H2;1H3. The Balaban J connectivity index is 0. The molecule has 0 saturated carbocycles. The summed E-state index contributed by atoms with van der Waals surface area (Å²) in [7, 11) is 0. The van der Waals surface area contributed by atoms with Crippen molar-refractivity contribution >= 4 is 9.90 Å². The van der Waals surface area contributed by atoms with Crippen LogP contribution in [0.1, 0.15) is 6.42 Å². The predicted molar refractivity (Wildman–Crippen MR) is 42.1 cm³/mol. The summed E-state index contributed by atoms with van der Waals surface area (Å²) >= 11 is 0. The third-order valence-electron chi connectivity index (χ3n) is 1.08. The number of aliphatic hydroxyl groups excluding tert-OH is 1. The van der Waals surface area contributed by atoms with Gasteiger partial charge in [0.25, 0.3) is 0 Å². The van der Waals surface area contributed by atoms with E-state index in [9.17, 15) is 0 Å². The Kier molecular flexibility index (Phi) is 6.41. The van der Waals surface area contributed by atoms with E-state index in [1.165, 1.54) is 0 Å². The molecule has 0 aliphatic heterocycles. The molecule has 58 valence electrons. The van der Waals surface area contributed by atoms with Gasteiger partial charge in [0.2, 0.25) is 0 Å². The van der Waals surface area contributed by atoms with Crippen LogP contribution in [-0.2, 0) is 0 Å². The summed E-state index contributed by atoms with van der Waals surface area (Å²) < 4.78 is 0. The lowest BCUT2D eigenvalue weighted by molar-refractivity contribution is 0.219. The van der Waals surface area contributed by atoms with E-state index >= 15 is 0 Å². The minimum absolute atomic E-state index is 0. The molecule has 0 fully saturated rings. The summed E-state index contributed by atoms with van der Waals surface area (Å²) in [5.41, 5.74) is -1.52. The maximum absolute atomic E-state index is 8.51. The second-order valence-electron chi connectivity index (χ2n) is 1.80. The van der Waals surface area contributed by atoms with Gasteiger partial charge >= 0.3 is 0 Å². The van der Waals surface area contributed by atoms with E-state index in [1.807, 2.05) is 0 Å². The minimum atomic E-state index is -1.52. The van der Waals surface area contributed by atoms with Gasteiger partial charge in [-0.25, -0.2) is 0 Å². The lowest BCUT2D eigenvalue weighted by Gasteiger charge is -2.08. The Morgan fingerprint density at radius 1 is 1.18 bits per heavy atom. The summed E-state index contributed by atoms with van der Waals surface area (Å²) in [6.07, 6.45) is -0.253. The van der Waals surface area contributed by atoms with Gasteiger partial charge in [-0.05, 0) is 0 Å². The highest BCUT2D eigenvalue weighted by atomic mass is 31.0. The van der Waals surface area contributed by atoms with Crippen molar-refractivity contribution in [3.05, 3.63) is 0 Å². The zero-order chi connectivity index (χ0) is 8.04. The maximum Gasteiger partial charge on any atom is 0.179 e. The van der Waals surface area contributed by atoms with Gasteiger partial charge < -0.3 is 5.11 Å². The number of aliphatic hydroxyl groups is 1. The monoisotopic (exact) mass is 169 g/mol. The van der Waals surface area contributed by atoms with E-state index in [2.05, 4.69) is 0 Å². The van der Waals surface area contributed by atoms with Crippen molar-refractivity contribution in [2.24, 2.45) is 5.41 Å². The molecule has 4 nitrogen and oxygen atoms in total. The molecule has 0 spiro atoms. The molecule has 5 heteroatoms. The van der Waals surface area contributed by atoms with Crippen molar-refractivity contribution in [3.8, 4) is 18.2 Å². The fraction of sp³-hybridized carbons (Fsp3) is 0.500. The Labute approximate surface area is 68.3 Å². The fourth-order valence-electron chi connectivity index (χ4n) is 0.366. The van der Waals surface area contributed by atoms with Crippen molar-refractivity contribution in [3.63, 3.8) is 0 Å². The van der Waals surface area contributed by atoms with Gasteiger partial charge in [0.05, 0.1) is 31.2 Å². The van der Waals surface area contributed by atoms with E-state index < -0.39 is 12.0 Å². The van der Waals surface area contributed by atoms with Gasteiger partial charge in [-0.2, -0.15) is 25.7 Å². The van der Waals surface area contributed by atoms with Gasteiger partial charge in [0.1, 0.15) is 0 Å². The van der Waals surface area contributed by atoms with Crippen LogP contribution >= 0.6 is 9.90 Å². The molecule has 0 rings (SSSR count). The molecule has 0 radical (unpaired) electrons. The Morgan fingerprint density at radius 2 is 1.64 bits per heavy atom. The number of nitriles is 3. The second kappa shape index (κ2) is 5.63. The van der Waals surface area contributed by atoms with E-state index in [-0.39, 0.29) is 16.3 Å². The molecule has 1 N–H and O–H groups in total. The van der Waals surface area contributed by atoms with E-state index in [4.69, 9.17) is 20.9 Å². The largest absolute Gasteiger partial charge is 0.394 e.